The van der Waals surface area contributed by atoms with Crippen LogP contribution in [0.25, 0.3) is 0 Å². The van der Waals surface area contributed by atoms with Crippen LogP contribution in [0.5, 0.6) is 5.75 Å². The number of carbonyl (C=O) groups excluding carboxylic acids is 3. The maximum absolute atomic E-state index is 11.7. The topological polar surface area (TPSA) is 106 Å². The second-order valence-corrected chi connectivity index (χ2v) is 5.90. The lowest BCUT2D eigenvalue weighted by Crippen LogP contribution is -2.49. The van der Waals surface area contributed by atoms with Gasteiger partial charge in [-0.25, -0.2) is 0 Å². The fourth-order valence-electron chi connectivity index (χ4n) is 1.75. The van der Waals surface area contributed by atoms with Crippen LogP contribution in [0.2, 0.25) is 5.02 Å². The summed E-state index contributed by atoms with van der Waals surface area (Å²) in [6.07, 6.45) is -0.128. The molecule has 1 aromatic carbocycles. The molecule has 0 saturated heterocycles. The molecule has 0 radical (unpaired) electrons. The van der Waals surface area contributed by atoms with Gasteiger partial charge in [0.25, 0.3) is 5.91 Å². The lowest BCUT2D eigenvalue weighted by atomic mass is 10.2. The second-order valence-electron chi connectivity index (χ2n) is 5.05. The van der Waals surface area contributed by atoms with Crippen LogP contribution in [0, 0.1) is 6.92 Å². The van der Waals surface area contributed by atoms with E-state index in [1.165, 1.54) is 0 Å². The van der Waals surface area contributed by atoms with Crippen LogP contribution in [0.3, 0.4) is 0 Å². The number of esters is 1. The first-order valence-corrected chi connectivity index (χ1v) is 8.53. The van der Waals surface area contributed by atoms with Crippen molar-refractivity contribution in [2.45, 2.75) is 26.7 Å². The van der Waals surface area contributed by atoms with E-state index in [2.05, 4.69) is 16.2 Å². The number of hydrogen-bond acceptors (Lipinski definition) is 6. The summed E-state index contributed by atoms with van der Waals surface area (Å²) in [7, 11) is 0. The zero-order chi connectivity index (χ0) is 19.5. The standard InChI is InChI=1S/C16H20ClN3O5S/c1-3-24-15(23)7-6-13(21)18-16(26)20-19-14(22)9-25-12-5-4-11(17)8-10(12)2/h4-5,8H,3,6-7,9H2,1-2H3,(H,19,22)(H2,18,20,21,26). The molecule has 3 N–H and O–H groups in total. The number of hydrogen-bond donors (Lipinski definition) is 3. The first-order chi connectivity index (χ1) is 12.3. The summed E-state index contributed by atoms with van der Waals surface area (Å²) < 4.78 is 10.1. The maximum Gasteiger partial charge on any atom is 0.306 e. The van der Waals surface area contributed by atoms with Crippen LogP contribution in [-0.4, -0.2) is 36.1 Å². The van der Waals surface area contributed by atoms with Gasteiger partial charge in [-0.2, -0.15) is 0 Å². The van der Waals surface area contributed by atoms with Gasteiger partial charge in [0.2, 0.25) is 5.91 Å². The van der Waals surface area contributed by atoms with E-state index in [-0.39, 0.29) is 31.2 Å². The van der Waals surface area contributed by atoms with E-state index in [4.69, 9.17) is 33.3 Å². The van der Waals surface area contributed by atoms with Crippen molar-refractivity contribution in [3.63, 3.8) is 0 Å². The molecule has 0 aromatic heterocycles. The van der Waals surface area contributed by atoms with Gasteiger partial charge in [0.15, 0.2) is 11.7 Å². The molecule has 0 aliphatic rings. The van der Waals surface area contributed by atoms with Crippen molar-refractivity contribution < 1.29 is 23.9 Å². The monoisotopic (exact) mass is 401 g/mol. The van der Waals surface area contributed by atoms with Crippen LogP contribution in [0.1, 0.15) is 25.3 Å². The van der Waals surface area contributed by atoms with Gasteiger partial charge < -0.3 is 14.8 Å². The van der Waals surface area contributed by atoms with Crippen molar-refractivity contribution in [3.8, 4) is 5.75 Å². The van der Waals surface area contributed by atoms with Gasteiger partial charge >= 0.3 is 5.97 Å². The number of aryl methyl sites for hydroxylation is 1. The van der Waals surface area contributed by atoms with Crippen LogP contribution in [0.4, 0.5) is 0 Å². The van der Waals surface area contributed by atoms with Gasteiger partial charge in [-0.05, 0) is 49.8 Å². The number of nitrogens with one attached hydrogen (secondary N) is 3. The van der Waals surface area contributed by atoms with E-state index < -0.39 is 17.8 Å². The molecule has 0 fully saturated rings. The number of benzene rings is 1. The van der Waals surface area contributed by atoms with Crippen LogP contribution < -0.4 is 20.9 Å². The van der Waals surface area contributed by atoms with E-state index in [0.29, 0.717) is 10.8 Å². The van der Waals surface area contributed by atoms with Crippen LogP contribution in [0.15, 0.2) is 18.2 Å². The van der Waals surface area contributed by atoms with Crippen molar-refractivity contribution in [3.05, 3.63) is 28.8 Å². The van der Waals surface area contributed by atoms with Crippen molar-refractivity contribution >= 4 is 46.7 Å². The zero-order valence-corrected chi connectivity index (χ0v) is 16.0. The third-order valence-electron chi connectivity index (χ3n) is 2.93. The number of hydrazine groups is 1. The van der Waals surface area contributed by atoms with Gasteiger partial charge in [-0.15, -0.1) is 0 Å². The van der Waals surface area contributed by atoms with E-state index in [1.54, 1.807) is 32.0 Å². The number of amides is 2. The largest absolute Gasteiger partial charge is 0.483 e. The van der Waals surface area contributed by atoms with Gasteiger partial charge in [0.1, 0.15) is 5.75 Å². The first kappa shape index (κ1) is 21.7. The molecule has 142 valence electrons. The van der Waals surface area contributed by atoms with Gasteiger partial charge in [0.05, 0.1) is 13.0 Å². The Morgan fingerprint density at radius 1 is 1.15 bits per heavy atom. The Morgan fingerprint density at radius 2 is 1.88 bits per heavy atom. The molecule has 2 amide bonds. The minimum absolute atomic E-state index is 0.0526. The molecule has 8 nitrogen and oxygen atoms in total. The summed E-state index contributed by atoms with van der Waals surface area (Å²) in [6.45, 7) is 3.48. The average molecular weight is 402 g/mol. The summed E-state index contributed by atoms with van der Waals surface area (Å²) in [6, 6.07) is 5.03. The molecule has 0 aliphatic heterocycles. The molecule has 0 unspecified atom stereocenters. The first-order valence-electron chi connectivity index (χ1n) is 7.75. The average Bonchev–Trinajstić information content (AvgIpc) is 2.57. The molecule has 0 atom stereocenters. The van der Waals surface area contributed by atoms with Crippen molar-refractivity contribution in [2.24, 2.45) is 0 Å². The normalized spacial score (nSPS) is 9.81. The van der Waals surface area contributed by atoms with Gasteiger partial charge in [-0.3, -0.25) is 25.2 Å². The smallest absolute Gasteiger partial charge is 0.306 e. The highest BCUT2D eigenvalue weighted by Gasteiger charge is 2.10. The number of thiocarbonyl (C=S) groups is 1. The Bertz CT molecular complexity index is 684. The fraction of sp³-hybridized carbons (Fsp3) is 0.375. The summed E-state index contributed by atoms with van der Waals surface area (Å²) in [4.78, 5) is 34.5. The Hall–Kier alpha value is -2.39. The lowest BCUT2D eigenvalue weighted by Gasteiger charge is -2.12. The molecule has 0 aliphatic carbocycles. The Morgan fingerprint density at radius 3 is 2.54 bits per heavy atom. The van der Waals surface area contributed by atoms with Gasteiger partial charge in [0, 0.05) is 11.4 Å². The van der Waals surface area contributed by atoms with Crippen molar-refractivity contribution in [1.82, 2.24) is 16.2 Å². The zero-order valence-electron chi connectivity index (χ0n) is 14.4. The third kappa shape index (κ3) is 8.63. The predicted octanol–water partition coefficient (Wildman–Crippen LogP) is 1.39. The van der Waals surface area contributed by atoms with Crippen LogP contribution >= 0.6 is 23.8 Å². The molecular formula is C16H20ClN3O5S. The van der Waals surface area contributed by atoms with E-state index in [1.807, 2.05) is 0 Å². The molecule has 1 rings (SSSR count). The number of halogens is 1. The highest BCUT2D eigenvalue weighted by Crippen LogP contribution is 2.21. The van der Waals surface area contributed by atoms with Crippen molar-refractivity contribution in [1.29, 1.82) is 0 Å². The van der Waals surface area contributed by atoms with E-state index >= 15 is 0 Å². The molecule has 1 aromatic rings. The minimum Gasteiger partial charge on any atom is -0.483 e. The molecular weight excluding hydrogens is 382 g/mol. The number of rotatable bonds is 7. The van der Waals surface area contributed by atoms with Crippen molar-refractivity contribution in [2.75, 3.05) is 13.2 Å². The summed E-state index contributed by atoms with van der Waals surface area (Å²) >= 11 is 10.7. The minimum atomic E-state index is -0.498. The third-order valence-corrected chi connectivity index (χ3v) is 3.36. The summed E-state index contributed by atoms with van der Waals surface area (Å²) in [5.41, 5.74) is 5.45. The quantitative estimate of drug-likeness (QED) is 0.360. The second kappa shape index (κ2) is 11.3. The summed E-state index contributed by atoms with van der Waals surface area (Å²) in [5, 5.41) is 2.80. The fourth-order valence-corrected chi connectivity index (χ4v) is 2.14. The Kier molecular flexibility index (Phi) is 9.38. The molecule has 26 heavy (non-hydrogen) atoms. The van der Waals surface area contributed by atoms with E-state index in [9.17, 15) is 14.4 Å². The van der Waals surface area contributed by atoms with E-state index in [0.717, 1.165) is 5.56 Å². The summed E-state index contributed by atoms with van der Waals surface area (Å²) in [5.74, 6) is -0.913. The Balaban J connectivity index is 2.26. The lowest BCUT2D eigenvalue weighted by molar-refractivity contribution is -0.144. The molecule has 0 heterocycles. The molecule has 10 heteroatoms. The highest BCUT2D eigenvalue weighted by atomic mass is 35.5. The predicted molar refractivity (Wildman–Crippen MR) is 99.6 cm³/mol. The molecule has 0 saturated carbocycles. The van der Waals surface area contributed by atoms with Gasteiger partial charge in [-0.1, -0.05) is 11.6 Å². The SMILES string of the molecule is CCOC(=O)CCC(=O)NC(=S)NNC(=O)COc1ccc(Cl)cc1C. The number of carbonyl (C=O) groups is 3. The molecule has 0 bridgehead atoms. The Labute approximate surface area is 161 Å². The maximum atomic E-state index is 11.7. The highest BCUT2D eigenvalue weighted by molar-refractivity contribution is 7.80. The number of ether oxygens (including phenoxy) is 2. The molecule has 0 spiro atoms. The van der Waals surface area contributed by atoms with Crippen LogP contribution in [-0.2, 0) is 19.1 Å².